The van der Waals surface area contributed by atoms with Gasteiger partial charge in [-0.2, -0.15) is 0 Å². The highest BCUT2D eigenvalue weighted by Crippen LogP contribution is 2.31. The van der Waals surface area contributed by atoms with Crippen LogP contribution in [0, 0.1) is 5.92 Å². The van der Waals surface area contributed by atoms with E-state index in [1.165, 1.54) is 6.26 Å². The summed E-state index contributed by atoms with van der Waals surface area (Å²) < 4.78 is 33.7. The van der Waals surface area contributed by atoms with Crippen molar-refractivity contribution < 1.29 is 22.7 Å². The predicted molar refractivity (Wildman–Crippen MR) is 87.1 cm³/mol. The zero-order valence-electron chi connectivity index (χ0n) is 13.7. The van der Waals surface area contributed by atoms with E-state index in [9.17, 15) is 13.2 Å². The average Bonchev–Trinajstić information content (AvgIpc) is 2.53. The molecular weight excluding hydrogens is 316 g/mol. The van der Waals surface area contributed by atoms with Gasteiger partial charge in [0, 0.05) is 19.5 Å². The highest BCUT2D eigenvalue weighted by atomic mass is 32.2. The van der Waals surface area contributed by atoms with Crippen LogP contribution in [-0.2, 0) is 24.1 Å². The first-order valence-corrected chi connectivity index (χ1v) is 9.85. The molecule has 1 heterocycles. The third-order valence-corrected chi connectivity index (χ3v) is 5.32. The van der Waals surface area contributed by atoms with Crippen molar-refractivity contribution >= 4 is 15.8 Å². The third-order valence-electron chi connectivity index (χ3n) is 4.19. The fraction of sp³-hybridized carbons (Fsp3) is 0.588. The second-order valence-electron chi connectivity index (χ2n) is 5.94. The Morgan fingerprint density at radius 2 is 1.87 bits per heavy atom. The molecule has 0 spiro atoms. The van der Waals surface area contributed by atoms with Gasteiger partial charge in [-0.3, -0.25) is 4.79 Å². The van der Waals surface area contributed by atoms with Gasteiger partial charge in [0.05, 0.1) is 17.4 Å². The Balaban J connectivity index is 2.20. The first-order valence-electron chi connectivity index (χ1n) is 7.96. The van der Waals surface area contributed by atoms with Crippen molar-refractivity contribution in [2.75, 3.05) is 26.1 Å². The SMILES string of the molecule is CCOC(=O)C(CC1CCOCC1)c1ccc(S(C)(=O)=O)cc1. The summed E-state index contributed by atoms with van der Waals surface area (Å²) in [5, 5.41) is 0. The van der Waals surface area contributed by atoms with Gasteiger partial charge in [0.1, 0.15) is 0 Å². The lowest BCUT2D eigenvalue weighted by molar-refractivity contribution is -0.145. The topological polar surface area (TPSA) is 69.7 Å². The van der Waals surface area contributed by atoms with Crippen LogP contribution in [0.2, 0.25) is 0 Å². The molecule has 1 aromatic carbocycles. The van der Waals surface area contributed by atoms with Crippen molar-refractivity contribution in [2.45, 2.75) is 37.0 Å². The lowest BCUT2D eigenvalue weighted by Crippen LogP contribution is -2.23. The Morgan fingerprint density at radius 1 is 1.26 bits per heavy atom. The molecule has 0 aliphatic carbocycles. The third kappa shape index (κ3) is 5.04. The minimum Gasteiger partial charge on any atom is -0.466 e. The molecule has 23 heavy (non-hydrogen) atoms. The van der Waals surface area contributed by atoms with Crippen LogP contribution in [0.5, 0.6) is 0 Å². The van der Waals surface area contributed by atoms with E-state index in [0.29, 0.717) is 18.9 Å². The summed E-state index contributed by atoms with van der Waals surface area (Å²) in [7, 11) is -3.24. The molecule has 1 aromatic rings. The number of hydrogen-bond acceptors (Lipinski definition) is 5. The van der Waals surface area contributed by atoms with Crippen LogP contribution >= 0.6 is 0 Å². The van der Waals surface area contributed by atoms with Crippen LogP contribution in [0.4, 0.5) is 0 Å². The van der Waals surface area contributed by atoms with E-state index in [1.54, 1.807) is 31.2 Å². The van der Waals surface area contributed by atoms with Crippen LogP contribution in [0.3, 0.4) is 0 Å². The van der Waals surface area contributed by atoms with Gasteiger partial charge in [-0.25, -0.2) is 8.42 Å². The number of hydrogen-bond donors (Lipinski definition) is 0. The highest BCUT2D eigenvalue weighted by molar-refractivity contribution is 7.90. The number of benzene rings is 1. The summed E-state index contributed by atoms with van der Waals surface area (Å²) >= 11 is 0. The van der Waals surface area contributed by atoms with E-state index < -0.39 is 9.84 Å². The molecule has 0 N–H and O–H groups in total. The van der Waals surface area contributed by atoms with Gasteiger partial charge in [-0.15, -0.1) is 0 Å². The first-order chi connectivity index (χ1) is 10.9. The van der Waals surface area contributed by atoms with E-state index in [2.05, 4.69) is 0 Å². The van der Waals surface area contributed by atoms with Crippen molar-refractivity contribution in [2.24, 2.45) is 5.92 Å². The van der Waals surface area contributed by atoms with Gasteiger partial charge in [0.15, 0.2) is 9.84 Å². The number of sulfone groups is 1. The normalized spacial score (nSPS) is 17.7. The Morgan fingerprint density at radius 3 is 2.39 bits per heavy atom. The van der Waals surface area contributed by atoms with E-state index in [1.807, 2.05) is 0 Å². The van der Waals surface area contributed by atoms with Gasteiger partial charge >= 0.3 is 5.97 Å². The second-order valence-corrected chi connectivity index (χ2v) is 7.95. The Labute approximate surface area is 137 Å². The van der Waals surface area contributed by atoms with Crippen molar-refractivity contribution in [1.82, 2.24) is 0 Å². The molecule has 1 atom stereocenters. The smallest absolute Gasteiger partial charge is 0.313 e. The van der Waals surface area contributed by atoms with Gasteiger partial charge in [-0.1, -0.05) is 12.1 Å². The summed E-state index contributed by atoms with van der Waals surface area (Å²) in [5.74, 6) is -0.175. The summed E-state index contributed by atoms with van der Waals surface area (Å²) in [4.78, 5) is 12.6. The number of carbonyl (C=O) groups is 1. The molecule has 0 amide bonds. The van der Waals surface area contributed by atoms with E-state index in [-0.39, 0.29) is 16.8 Å². The fourth-order valence-electron chi connectivity index (χ4n) is 2.87. The molecule has 1 unspecified atom stereocenters. The molecule has 2 rings (SSSR count). The molecule has 6 heteroatoms. The summed E-state index contributed by atoms with van der Waals surface area (Å²) in [6.45, 7) is 3.58. The maximum absolute atomic E-state index is 12.3. The molecule has 1 fully saturated rings. The molecule has 128 valence electrons. The molecular formula is C17H24O5S. The minimum absolute atomic E-state index is 0.244. The summed E-state index contributed by atoms with van der Waals surface area (Å²) in [5.41, 5.74) is 0.808. The van der Waals surface area contributed by atoms with Crippen LogP contribution in [0.1, 0.15) is 37.7 Å². The first kappa shape index (κ1) is 17.9. The van der Waals surface area contributed by atoms with Crippen LogP contribution in [0.25, 0.3) is 0 Å². The zero-order valence-corrected chi connectivity index (χ0v) is 14.5. The number of rotatable bonds is 6. The van der Waals surface area contributed by atoms with Gasteiger partial charge in [0.2, 0.25) is 0 Å². The largest absolute Gasteiger partial charge is 0.466 e. The lowest BCUT2D eigenvalue weighted by Gasteiger charge is -2.26. The molecule has 0 aromatic heterocycles. The van der Waals surface area contributed by atoms with Gasteiger partial charge < -0.3 is 9.47 Å². The second kappa shape index (κ2) is 7.93. The molecule has 1 aliphatic heterocycles. The maximum atomic E-state index is 12.3. The Bertz CT molecular complexity index is 615. The van der Waals surface area contributed by atoms with Crippen LogP contribution < -0.4 is 0 Å². The maximum Gasteiger partial charge on any atom is 0.313 e. The summed E-state index contributed by atoms with van der Waals surface area (Å²) in [6, 6.07) is 6.55. The quantitative estimate of drug-likeness (QED) is 0.744. The van der Waals surface area contributed by atoms with E-state index in [4.69, 9.17) is 9.47 Å². The number of carbonyl (C=O) groups excluding carboxylic acids is 1. The molecule has 0 radical (unpaired) electrons. The van der Waals surface area contributed by atoms with Crippen molar-refractivity contribution in [3.63, 3.8) is 0 Å². The molecule has 1 aliphatic rings. The average molecular weight is 340 g/mol. The molecule has 0 saturated carbocycles. The van der Waals surface area contributed by atoms with Crippen LogP contribution in [-0.4, -0.2) is 40.5 Å². The molecule has 1 saturated heterocycles. The van der Waals surface area contributed by atoms with E-state index in [0.717, 1.165) is 31.6 Å². The highest BCUT2D eigenvalue weighted by Gasteiger charge is 2.27. The number of ether oxygens (including phenoxy) is 2. The van der Waals surface area contributed by atoms with Gasteiger partial charge in [-0.05, 0) is 49.8 Å². The van der Waals surface area contributed by atoms with Crippen molar-refractivity contribution in [3.8, 4) is 0 Å². The van der Waals surface area contributed by atoms with Crippen molar-refractivity contribution in [1.29, 1.82) is 0 Å². The van der Waals surface area contributed by atoms with E-state index >= 15 is 0 Å². The fourth-order valence-corrected chi connectivity index (χ4v) is 3.50. The van der Waals surface area contributed by atoms with Crippen LogP contribution in [0.15, 0.2) is 29.2 Å². The Hall–Kier alpha value is -1.40. The number of esters is 1. The predicted octanol–water partition coefficient (Wildman–Crippen LogP) is 2.55. The monoisotopic (exact) mass is 340 g/mol. The molecule has 0 bridgehead atoms. The summed E-state index contributed by atoms with van der Waals surface area (Å²) in [6.07, 6.45) is 3.77. The lowest BCUT2D eigenvalue weighted by atomic mass is 9.85. The molecule has 5 nitrogen and oxygen atoms in total. The van der Waals surface area contributed by atoms with Crippen molar-refractivity contribution in [3.05, 3.63) is 29.8 Å². The Kier molecular flexibility index (Phi) is 6.18. The minimum atomic E-state index is -3.24. The standard InChI is InChI=1S/C17H24O5S/c1-3-22-17(18)16(12-13-8-10-21-11-9-13)14-4-6-15(7-5-14)23(2,19)20/h4-7,13,16H,3,8-12H2,1-2H3. The zero-order chi connectivity index (χ0) is 16.9. The van der Waals surface area contributed by atoms with Gasteiger partial charge in [0.25, 0.3) is 0 Å².